The molecule has 0 saturated heterocycles. The molecule has 11 heavy (non-hydrogen) atoms. The van der Waals surface area contributed by atoms with Gasteiger partial charge in [0.05, 0.1) is 6.61 Å². The highest BCUT2D eigenvalue weighted by atomic mass is 16.3. The van der Waals surface area contributed by atoms with Gasteiger partial charge in [0.2, 0.25) is 0 Å². The Morgan fingerprint density at radius 1 is 1.36 bits per heavy atom. The van der Waals surface area contributed by atoms with Crippen LogP contribution in [-0.2, 0) is 0 Å². The van der Waals surface area contributed by atoms with Crippen LogP contribution in [0.5, 0.6) is 0 Å². The van der Waals surface area contributed by atoms with Crippen LogP contribution in [0.25, 0.3) is 0 Å². The van der Waals surface area contributed by atoms with Crippen molar-refractivity contribution in [1.29, 1.82) is 0 Å². The van der Waals surface area contributed by atoms with Crippen LogP contribution in [0.3, 0.4) is 0 Å². The van der Waals surface area contributed by atoms with Gasteiger partial charge in [-0.05, 0) is 18.4 Å². The lowest BCUT2D eigenvalue weighted by Crippen LogP contribution is -2.02. The van der Waals surface area contributed by atoms with Crippen LogP contribution in [0.1, 0.15) is 12.8 Å². The molecule has 0 spiro atoms. The van der Waals surface area contributed by atoms with Gasteiger partial charge in [0.1, 0.15) is 0 Å². The Kier molecular flexibility index (Phi) is 3.33. The molecule has 62 valence electrons. The van der Waals surface area contributed by atoms with Crippen LogP contribution in [-0.4, -0.2) is 23.4 Å². The molecule has 1 aliphatic rings. The maximum absolute atomic E-state index is 8.86. The van der Waals surface area contributed by atoms with E-state index in [9.17, 15) is 0 Å². The molecule has 2 heteroatoms. The van der Waals surface area contributed by atoms with Crippen molar-refractivity contribution in [2.45, 2.75) is 12.8 Å². The van der Waals surface area contributed by atoms with E-state index in [1.54, 1.807) is 0 Å². The Balaban J connectivity index is 2.34. The first-order valence-corrected chi connectivity index (χ1v) is 3.97. The second kappa shape index (κ2) is 4.31. The van der Waals surface area contributed by atoms with Crippen molar-refractivity contribution in [3.63, 3.8) is 0 Å². The highest BCUT2D eigenvalue weighted by Crippen LogP contribution is 2.22. The largest absolute Gasteiger partial charge is 0.396 e. The molecule has 2 nitrogen and oxygen atoms in total. The van der Waals surface area contributed by atoms with Crippen LogP contribution in [0, 0.1) is 5.92 Å². The summed E-state index contributed by atoms with van der Waals surface area (Å²) in [5, 5.41) is 17.4. The van der Waals surface area contributed by atoms with E-state index < -0.39 is 0 Å². The quantitative estimate of drug-likeness (QED) is 0.630. The van der Waals surface area contributed by atoms with Crippen molar-refractivity contribution >= 4 is 0 Å². The summed E-state index contributed by atoms with van der Waals surface area (Å²) in [6.07, 6.45) is 7.74. The van der Waals surface area contributed by atoms with Crippen LogP contribution in [0.4, 0.5) is 0 Å². The molecule has 0 radical (unpaired) electrons. The minimum absolute atomic E-state index is 0.142. The topological polar surface area (TPSA) is 40.5 Å². The molecule has 0 amide bonds. The zero-order valence-corrected chi connectivity index (χ0v) is 6.53. The van der Waals surface area contributed by atoms with Gasteiger partial charge < -0.3 is 10.2 Å². The van der Waals surface area contributed by atoms with E-state index in [1.807, 2.05) is 12.2 Å². The highest BCUT2D eigenvalue weighted by molar-refractivity contribution is 5.27. The monoisotopic (exact) mass is 154 g/mol. The van der Waals surface area contributed by atoms with Gasteiger partial charge >= 0.3 is 0 Å². The van der Waals surface area contributed by atoms with E-state index in [1.165, 1.54) is 0 Å². The third-order valence-electron chi connectivity index (χ3n) is 1.99. The van der Waals surface area contributed by atoms with Gasteiger partial charge in [-0.2, -0.15) is 0 Å². The molecule has 2 N–H and O–H groups in total. The van der Waals surface area contributed by atoms with Crippen molar-refractivity contribution in [3.8, 4) is 0 Å². The summed E-state index contributed by atoms with van der Waals surface area (Å²) >= 11 is 0. The molecule has 1 aliphatic carbocycles. The number of rotatable bonds is 4. The average Bonchev–Trinajstić information content (AvgIpc) is 2.47. The smallest absolute Gasteiger partial charge is 0.0650 e. The Bertz CT molecular complexity index is 170. The second-order valence-electron chi connectivity index (χ2n) is 2.76. The van der Waals surface area contributed by atoms with E-state index in [0.29, 0.717) is 5.92 Å². The molecular weight excluding hydrogens is 140 g/mol. The summed E-state index contributed by atoms with van der Waals surface area (Å²) in [4.78, 5) is 0. The normalized spacial score (nSPS) is 22.4. The number of allylic oxidation sites excluding steroid dienone is 3. The first-order chi connectivity index (χ1) is 5.38. The molecule has 0 fully saturated rings. The van der Waals surface area contributed by atoms with E-state index in [-0.39, 0.29) is 13.2 Å². The summed E-state index contributed by atoms with van der Waals surface area (Å²) in [7, 11) is 0. The van der Waals surface area contributed by atoms with Gasteiger partial charge in [0.25, 0.3) is 0 Å². The van der Waals surface area contributed by atoms with Crippen molar-refractivity contribution < 1.29 is 10.2 Å². The van der Waals surface area contributed by atoms with Crippen molar-refractivity contribution in [2.24, 2.45) is 5.92 Å². The molecule has 0 aliphatic heterocycles. The second-order valence-corrected chi connectivity index (χ2v) is 2.76. The molecule has 0 bridgehead atoms. The maximum atomic E-state index is 8.86. The van der Waals surface area contributed by atoms with Gasteiger partial charge in [-0.25, -0.2) is 0 Å². The fourth-order valence-corrected chi connectivity index (χ4v) is 1.32. The molecule has 0 aromatic carbocycles. The molecule has 0 heterocycles. The SMILES string of the molecule is OCCCC1C=CC=C1CO. The molecule has 0 saturated carbocycles. The van der Waals surface area contributed by atoms with E-state index in [4.69, 9.17) is 10.2 Å². The molecule has 0 aromatic rings. The summed E-state index contributed by atoms with van der Waals surface area (Å²) in [5.74, 6) is 0.368. The number of aliphatic hydroxyl groups excluding tert-OH is 2. The average molecular weight is 154 g/mol. The summed E-state index contributed by atoms with van der Waals surface area (Å²) in [5.41, 5.74) is 1.07. The van der Waals surface area contributed by atoms with Gasteiger partial charge in [0.15, 0.2) is 0 Å². The predicted molar refractivity (Wildman–Crippen MR) is 44.1 cm³/mol. The number of hydrogen-bond donors (Lipinski definition) is 2. The number of hydrogen-bond acceptors (Lipinski definition) is 2. The van der Waals surface area contributed by atoms with Gasteiger partial charge in [0, 0.05) is 12.5 Å². The van der Waals surface area contributed by atoms with Crippen molar-refractivity contribution in [2.75, 3.05) is 13.2 Å². The minimum Gasteiger partial charge on any atom is -0.396 e. The van der Waals surface area contributed by atoms with Gasteiger partial charge in [-0.3, -0.25) is 0 Å². The van der Waals surface area contributed by atoms with E-state index in [0.717, 1.165) is 18.4 Å². The third-order valence-corrected chi connectivity index (χ3v) is 1.99. The number of aliphatic hydroxyl groups is 2. The van der Waals surface area contributed by atoms with Crippen LogP contribution < -0.4 is 0 Å². The van der Waals surface area contributed by atoms with E-state index >= 15 is 0 Å². The van der Waals surface area contributed by atoms with Crippen molar-refractivity contribution in [1.82, 2.24) is 0 Å². The molecule has 1 atom stereocenters. The fraction of sp³-hybridized carbons (Fsp3) is 0.556. The van der Waals surface area contributed by atoms with Crippen LogP contribution in [0.15, 0.2) is 23.8 Å². The minimum atomic E-state index is 0.142. The standard InChI is InChI=1S/C9H14O2/c10-6-2-5-8-3-1-4-9(8)7-11/h1,3-4,8,10-11H,2,5-7H2. The Morgan fingerprint density at radius 2 is 2.18 bits per heavy atom. The van der Waals surface area contributed by atoms with Crippen molar-refractivity contribution in [3.05, 3.63) is 23.8 Å². The molecular formula is C9H14O2. The van der Waals surface area contributed by atoms with Crippen LogP contribution >= 0.6 is 0 Å². The Labute approximate surface area is 66.9 Å². The maximum Gasteiger partial charge on any atom is 0.0650 e. The summed E-state index contributed by atoms with van der Waals surface area (Å²) in [6.45, 7) is 0.381. The Hall–Kier alpha value is -0.600. The Morgan fingerprint density at radius 3 is 2.82 bits per heavy atom. The van der Waals surface area contributed by atoms with E-state index in [2.05, 4.69) is 6.08 Å². The first kappa shape index (κ1) is 8.50. The van der Waals surface area contributed by atoms with Gasteiger partial charge in [-0.1, -0.05) is 18.2 Å². The zero-order valence-electron chi connectivity index (χ0n) is 6.53. The lowest BCUT2D eigenvalue weighted by molar-refractivity contribution is 0.274. The predicted octanol–water partition coefficient (Wildman–Crippen LogP) is 0.864. The summed E-state index contributed by atoms with van der Waals surface area (Å²) < 4.78 is 0. The fourth-order valence-electron chi connectivity index (χ4n) is 1.32. The van der Waals surface area contributed by atoms with Crippen LogP contribution in [0.2, 0.25) is 0 Å². The molecule has 1 unspecified atom stereocenters. The highest BCUT2D eigenvalue weighted by Gasteiger charge is 2.12. The third kappa shape index (κ3) is 2.17. The van der Waals surface area contributed by atoms with Gasteiger partial charge in [-0.15, -0.1) is 0 Å². The summed E-state index contributed by atoms with van der Waals surface area (Å²) in [6, 6.07) is 0. The first-order valence-electron chi connectivity index (χ1n) is 3.97. The zero-order chi connectivity index (χ0) is 8.10. The molecule has 1 rings (SSSR count). The lowest BCUT2D eigenvalue weighted by Gasteiger charge is -2.09. The molecule has 0 aromatic heterocycles. The lowest BCUT2D eigenvalue weighted by atomic mass is 9.98.